The van der Waals surface area contributed by atoms with Crippen molar-refractivity contribution < 1.29 is 23.1 Å². The van der Waals surface area contributed by atoms with Crippen LogP contribution in [0.4, 0.5) is 19.0 Å². The third kappa shape index (κ3) is 3.43. The van der Waals surface area contributed by atoms with Gasteiger partial charge in [-0.05, 0) is 12.3 Å². The topological polar surface area (TPSA) is 92.4 Å². The quantitative estimate of drug-likeness (QED) is 0.877. The van der Waals surface area contributed by atoms with Crippen LogP contribution in [0.1, 0.15) is 26.0 Å². The van der Waals surface area contributed by atoms with Crippen molar-refractivity contribution in [2.24, 2.45) is 5.92 Å². The summed E-state index contributed by atoms with van der Waals surface area (Å²) in [7, 11) is 0. The minimum Gasteiger partial charge on any atom is -0.480 e. The van der Waals surface area contributed by atoms with Crippen molar-refractivity contribution in [1.29, 1.82) is 0 Å². The molecule has 0 bridgehead atoms. The fourth-order valence-electron chi connectivity index (χ4n) is 1.93. The van der Waals surface area contributed by atoms with Crippen LogP contribution in [0, 0.1) is 5.92 Å². The van der Waals surface area contributed by atoms with Gasteiger partial charge in [-0.15, -0.1) is 0 Å². The van der Waals surface area contributed by atoms with Crippen molar-refractivity contribution in [1.82, 2.24) is 19.6 Å². The van der Waals surface area contributed by atoms with Crippen LogP contribution in [0.15, 0.2) is 12.4 Å². The van der Waals surface area contributed by atoms with Gasteiger partial charge in [0, 0.05) is 6.07 Å². The molecule has 7 nitrogen and oxygen atoms in total. The van der Waals surface area contributed by atoms with Crippen LogP contribution in [0.25, 0.3) is 5.78 Å². The number of carboxylic acids is 1. The highest BCUT2D eigenvalue weighted by Gasteiger charge is 2.34. The molecule has 0 aliphatic rings. The molecule has 2 aromatic heterocycles. The van der Waals surface area contributed by atoms with Gasteiger partial charge in [-0.3, -0.25) is 0 Å². The van der Waals surface area contributed by atoms with Crippen molar-refractivity contribution in [2.45, 2.75) is 32.5 Å². The highest BCUT2D eigenvalue weighted by Crippen LogP contribution is 2.29. The minimum atomic E-state index is -4.67. The number of anilines is 1. The summed E-state index contributed by atoms with van der Waals surface area (Å²) >= 11 is 0. The van der Waals surface area contributed by atoms with Crippen molar-refractivity contribution in [3.63, 3.8) is 0 Å². The first kappa shape index (κ1) is 16.0. The van der Waals surface area contributed by atoms with E-state index < -0.39 is 23.9 Å². The van der Waals surface area contributed by atoms with E-state index >= 15 is 0 Å². The Labute approximate surface area is 123 Å². The number of carboxylic acid groups (broad SMARTS) is 1. The summed E-state index contributed by atoms with van der Waals surface area (Å²) in [5.41, 5.74) is -1.16. The zero-order valence-electron chi connectivity index (χ0n) is 11.8. The predicted molar refractivity (Wildman–Crippen MR) is 70.3 cm³/mol. The van der Waals surface area contributed by atoms with E-state index in [2.05, 4.69) is 20.4 Å². The maximum absolute atomic E-state index is 12.8. The first-order chi connectivity index (χ1) is 10.2. The average Bonchev–Trinajstić information content (AvgIpc) is 2.84. The molecular formula is C12H14F3N5O2. The number of nitrogens with zero attached hydrogens (tertiary/aromatic N) is 4. The summed E-state index contributed by atoms with van der Waals surface area (Å²) < 4.78 is 39.6. The molecule has 0 radical (unpaired) electrons. The molecule has 0 spiro atoms. The molecule has 2 N–H and O–H groups in total. The van der Waals surface area contributed by atoms with Crippen LogP contribution in [0.2, 0.25) is 0 Å². The number of hydrogen-bond donors (Lipinski definition) is 2. The van der Waals surface area contributed by atoms with Gasteiger partial charge in [0.1, 0.15) is 18.2 Å². The summed E-state index contributed by atoms with van der Waals surface area (Å²) in [6, 6.07) is -0.325. The normalized spacial score (nSPS) is 13.5. The van der Waals surface area contributed by atoms with Crippen LogP contribution < -0.4 is 5.32 Å². The Morgan fingerprint density at radius 2 is 2.14 bits per heavy atom. The standard InChI is InChI=1S/C12H14F3N5O2/c1-6(2)3-7(10(21)22)18-9-4-8(12(13,14)15)19-11-16-5-17-20(9)11/h4-7,18H,3H2,1-2H3,(H,21,22)/t7-/m0/s1. The molecule has 1 atom stereocenters. The SMILES string of the molecule is CC(C)C[C@H](Nc1cc(C(F)(F)F)nc2ncnn12)C(=O)O. The Morgan fingerprint density at radius 3 is 2.68 bits per heavy atom. The number of fused-ring (bicyclic) bond motifs is 1. The number of carbonyl (C=O) groups is 1. The highest BCUT2D eigenvalue weighted by atomic mass is 19.4. The summed E-state index contributed by atoms with van der Waals surface area (Å²) in [5.74, 6) is -1.50. The molecule has 10 heteroatoms. The van der Waals surface area contributed by atoms with Gasteiger partial charge in [-0.2, -0.15) is 27.8 Å². The summed E-state index contributed by atoms with van der Waals surface area (Å²) in [6.07, 6.45) is -3.37. The number of aliphatic carboxylic acids is 1. The smallest absolute Gasteiger partial charge is 0.433 e. The molecule has 22 heavy (non-hydrogen) atoms. The zero-order valence-corrected chi connectivity index (χ0v) is 11.8. The first-order valence-electron chi connectivity index (χ1n) is 6.46. The van der Waals surface area contributed by atoms with E-state index in [1.807, 2.05) is 13.8 Å². The van der Waals surface area contributed by atoms with Gasteiger partial charge in [0.15, 0.2) is 5.69 Å². The van der Waals surface area contributed by atoms with E-state index in [1.54, 1.807) is 0 Å². The average molecular weight is 317 g/mol. The number of rotatable bonds is 5. The van der Waals surface area contributed by atoms with Gasteiger partial charge in [-0.25, -0.2) is 9.78 Å². The largest absolute Gasteiger partial charge is 0.480 e. The second kappa shape index (κ2) is 5.78. The number of hydrogen-bond acceptors (Lipinski definition) is 5. The van der Waals surface area contributed by atoms with Gasteiger partial charge in [0.05, 0.1) is 0 Å². The molecule has 0 saturated heterocycles. The first-order valence-corrected chi connectivity index (χ1v) is 6.46. The highest BCUT2D eigenvalue weighted by molar-refractivity contribution is 5.77. The molecule has 2 rings (SSSR count). The second-order valence-electron chi connectivity index (χ2n) is 5.16. The lowest BCUT2D eigenvalue weighted by Crippen LogP contribution is -2.32. The van der Waals surface area contributed by atoms with Crippen molar-refractivity contribution in [3.8, 4) is 0 Å². The summed E-state index contributed by atoms with van der Waals surface area (Å²) in [4.78, 5) is 18.2. The summed E-state index contributed by atoms with van der Waals surface area (Å²) in [5, 5.41) is 15.5. The van der Waals surface area contributed by atoms with Crippen LogP contribution in [0.5, 0.6) is 0 Å². The van der Waals surface area contributed by atoms with E-state index in [9.17, 15) is 23.1 Å². The molecular weight excluding hydrogens is 303 g/mol. The van der Waals surface area contributed by atoms with Crippen molar-refractivity contribution in [2.75, 3.05) is 5.32 Å². The molecule has 2 aromatic rings. The monoisotopic (exact) mass is 317 g/mol. The molecule has 120 valence electrons. The Bertz CT molecular complexity index is 683. The number of aromatic nitrogens is 4. The Balaban J connectivity index is 2.44. The molecule has 0 aliphatic heterocycles. The van der Waals surface area contributed by atoms with Crippen LogP contribution in [-0.2, 0) is 11.0 Å². The van der Waals surface area contributed by atoms with E-state index in [4.69, 9.17) is 0 Å². The maximum Gasteiger partial charge on any atom is 0.433 e. The Kier molecular flexibility index (Phi) is 4.20. The van der Waals surface area contributed by atoms with Crippen molar-refractivity contribution in [3.05, 3.63) is 18.1 Å². The van der Waals surface area contributed by atoms with Crippen LogP contribution in [0.3, 0.4) is 0 Å². The van der Waals surface area contributed by atoms with Gasteiger partial charge < -0.3 is 10.4 Å². The third-order valence-electron chi connectivity index (χ3n) is 2.87. The fraction of sp³-hybridized carbons (Fsp3) is 0.500. The Morgan fingerprint density at radius 1 is 1.45 bits per heavy atom. The van der Waals surface area contributed by atoms with Gasteiger partial charge in [0.25, 0.3) is 5.78 Å². The summed E-state index contributed by atoms with van der Waals surface area (Å²) in [6.45, 7) is 3.63. The van der Waals surface area contributed by atoms with E-state index in [1.165, 1.54) is 0 Å². The van der Waals surface area contributed by atoms with Crippen LogP contribution >= 0.6 is 0 Å². The fourth-order valence-corrected chi connectivity index (χ4v) is 1.93. The number of halogens is 3. The van der Waals surface area contributed by atoms with E-state index in [0.29, 0.717) is 0 Å². The molecule has 0 unspecified atom stereocenters. The maximum atomic E-state index is 12.8. The lowest BCUT2D eigenvalue weighted by Gasteiger charge is -2.18. The third-order valence-corrected chi connectivity index (χ3v) is 2.87. The lowest BCUT2D eigenvalue weighted by atomic mass is 10.0. The number of nitrogens with one attached hydrogen (secondary N) is 1. The minimum absolute atomic E-state index is 0.0451. The van der Waals surface area contributed by atoms with Gasteiger partial charge in [-0.1, -0.05) is 13.8 Å². The predicted octanol–water partition coefficient (Wildman–Crippen LogP) is 2.05. The molecule has 0 aromatic carbocycles. The second-order valence-corrected chi connectivity index (χ2v) is 5.16. The van der Waals surface area contributed by atoms with Crippen LogP contribution in [-0.4, -0.2) is 36.7 Å². The van der Waals surface area contributed by atoms with E-state index in [-0.39, 0.29) is 23.9 Å². The Hall–Kier alpha value is -2.39. The molecule has 0 aliphatic carbocycles. The van der Waals surface area contributed by atoms with Gasteiger partial charge in [0.2, 0.25) is 0 Å². The number of alkyl halides is 3. The molecule has 0 fully saturated rings. The van der Waals surface area contributed by atoms with Crippen molar-refractivity contribution >= 4 is 17.6 Å². The molecule has 0 saturated carbocycles. The van der Waals surface area contributed by atoms with E-state index in [0.717, 1.165) is 16.9 Å². The lowest BCUT2D eigenvalue weighted by molar-refractivity contribution is -0.141. The molecule has 2 heterocycles. The zero-order chi connectivity index (χ0) is 16.5. The molecule has 0 amide bonds. The van der Waals surface area contributed by atoms with Gasteiger partial charge >= 0.3 is 12.1 Å².